The Balaban J connectivity index is 1.57. The fourth-order valence-electron chi connectivity index (χ4n) is 2.58. The first-order valence-electron chi connectivity index (χ1n) is 8.27. The smallest absolute Gasteiger partial charge is 0.262 e. The van der Waals surface area contributed by atoms with E-state index in [0.29, 0.717) is 37.6 Å². The van der Waals surface area contributed by atoms with Crippen LogP contribution in [0.5, 0.6) is 5.75 Å². The highest BCUT2D eigenvalue weighted by molar-refractivity contribution is 5.97. The van der Waals surface area contributed by atoms with Crippen LogP contribution in [0.25, 0.3) is 0 Å². The van der Waals surface area contributed by atoms with Crippen LogP contribution in [0.4, 0.5) is 10.1 Å². The number of nitrogens with zero attached hydrogens (tertiary/aromatic N) is 1. The molecule has 7 heteroatoms. The van der Waals surface area contributed by atoms with Crippen LogP contribution in [0.2, 0.25) is 0 Å². The molecule has 0 spiro atoms. The van der Waals surface area contributed by atoms with Gasteiger partial charge < -0.3 is 19.7 Å². The molecule has 1 aliphatic heterocycles. The average Bonchev–Trinajstić information content (AvgIpc) is 2.67. The van der Waals surface area contributed by atoms with E-state index in [1.165, 1.54) is 18.2 Å². The van der Waals surface area contributed by atoms with Crippen molar-refractivity contribution >= 4 is 17.5 Å². The number of halogens is 1. The van der Waals surface area contributed by atoms with Gasteiger partial charge in [0.25, 0.3) is 11.8 Å². The van der Waals surface area contributed by atoms with Crippen molar-refractivity contribution < 1.29 is 23.5 Å². The molecule has 0 radical (unpaired) electrons. The lowest BCUT2D eigenvalue weighted by Crippen LogP contribution is -2.40. The van der Waals surface area contributed by atoms with Crippen LogP contribution in [0.1, 0.15) is 10.4 Å². The number of morpholine rings is 1. The highest BCUT2D eigenvalue weighted by atomic mass is 19.1. The zero-order valence-electron chi connectivity index (χ0n) is 14.1. The molecule has 1 aliphatic rings. The molecular formula is C19H19FN2O4. The molecule has 136 valence electrons. The van der Waals surface area contributed by atoms with Gasteiger partial charge in [-0.25, -0.2) is 4.39 Å². The van der Waals surface area contributed by atoms with Gasteiger partial charge in [0, 0.05) is 30.4 Å². The van der Waals surface area contributed by atoms with Crippen LogP contribution in [0.15, 0.2) is 48.5 Å². The first-order valence-corrected chi connectivity index (χ1v) is 8.27. The molecule has 1 heterocycles. The van der Waals surface area contributed by atoms with Crippen LogP contribution in [0.3, 0.4) is 0 Å². The minimum absolute atomic E-state index is 0.0968. The van der Waals surface area contributed by atoms with Gasteiger partial charge in [0.2, 0.25) is 0 Å². The van der Waals surface area contributed by atoms with E-state index in [2.05, 4.69) is 5.32 Å². The van der Waals surface area contributed by atoms with Crippen molar-refractivity contribution in [3.8, 4) is 5.75 Å². The van der Waals surface area contributed by atoms with Gasteiger partial charge >= 0.3 is 0 Å². The largest absolute Gasteiger partial charge is 0.484 e. The summed E-state index contributed by atoms with van der Waals surface area (Å²) in [6.07, 6.45) is 0. The molecule has 1 saturated heterocycles. The van der Waals surface area contributed by atoms with Gasteiger partial charge in [-0.3, -0.25) is 9.59 Å². The second-order valence-electron chi connectivity index (χ2n) is 5.78. The third-order valence-electron chi connectivity index (χ3n) is 3.86. The molecule has 0 unspecified atom stereocenters. The summed E-state index contributed by atoms with van der Waals surface area (Å²) in [4.78, 5) is 26.2. The summed E-state index contributed by atoms with van der Waals surface area (Å²) in [5, 5.41) is 2.67. The zero-order valence-corrected chi connectivity index (χ0v) is 14.1. The van der Waals surface area contributed by atoms with Gasteiger partial charge in [-0.2, -0.15) is 0 Å². The van der Waals surface area contributed by atoms with E-state index < -0.39 is 11.7 Å². The lowest BCUT2D eigenvalue weighted by Gasteiger charge is -2.27. The highest BCUT2D eigenvalue weighted by Gasteiger charge is 2.18. The summed E-state index contributed by atoms with van der Waals surface area (Å²) in [7, 11) is 0. The fraction of sp³-hybridized carbons (Fsp3) is 0.263. The molecule has 3 rings (SSSR count). The Kier molecular flexibility index (Phi) is 5.80. The van der Waals surface area contributed by atoms with Gasteiger partial charge in [-0.05, 0) is 30.3 Å². The number of nitrogens with one attached hydrogen (secondary N) is 1. The number of amides is 2. The van der Waals surface area contributed by atoms with E-state index in [0.717, 1.165) is 0 Å². The second-order valence-corrected chi connectivity index (χ2v) is 5.78. The lowest BCUT2D eigenvalue weighted by atomic mass is 10.1. The number of hydrogen-bond acceptors (Lipinski definition) is 4. The van der Waals surface area contributed by atoms with Gasteiger partial charge in [-0.15, -0.1) is 0 Å². The summed E-state index contributed by atoms with van der Waals surface area (Å²) < 4.78 is 23.6. The van der Waals surface area contributed by atoms with Crippen molar-refractivity contribution in [1.82, 2.24) is 4.90 Å². The normalized spacial score (nSPS) is 14.0. The van der Waals surface area contributed by atoms with E-state index in [-0.39, 0.29) is 18.3 Å². The molecule has 26 heavy (non-hydrogen) atoms. The Labute approximate surface area is 150 Å². The van der Waals surface area contributed by atoms with E-state index in [4.69, 9.17) is 9.47 Å². The van der Waals surface area contributed by atoms with Crippen molar-refractivity contribution in [3.05, 3.63) is 59.9 Å². The van der Waals surface area contributed by atoms with Gasteiger partial charge in [0.15, 0.2) is 6.61 Å². The number of anilines is 1. The molecule has 6 nitrogen and oxygen atoms in total. The molecule has 2 amide bonds. The summed E-state index contributed by atoms with van der Waals surface area (Å²) >= 11 is 0. The molecule has 2 aromatic carbocycles. The molecule has 0 bridgehead atoms. The number of benzene rings is 2. The monoisotopic (exact) mass is 358 g/mol. The van der Waals surface area contributed by atoms with Crippen LogP contribution >= 0.6 is 0 Å². The van der Waals surface area contributed by atoms with E-state index in [1.54, 1.807) is 35.2 Å². The van der Waals surface area contributed by atoms with Gasteiger partial charge in [0.1, 0.15) is 11.6 Å². The summed E-state index contributed by atoms with van der Waals surface area (Å²) in [6, 6.07) is 12.3. The SMILES string of the molecule is O=C(COc1cccc(F)c1)Nc1cccc(C(=O)N2CCOCC2)c1. The summed E-state index contributed by atoms with van der Waals surface area (Å²) in [6.45, 7) is 1.90. The van der Waals surface area contributed by atoms with Gasteiger partial charge in [-0.1, -0.05) is 12.1 Å². The Morgan fingerprint density at radius 1 is 1.12 bits per heavy atom. The van der Waals surface area contributed by atoms with Crippen molar-refractivity contribution in [1.29, 1.82) is 0 Å². The van der Waals surface area contributed by atoms with E-state index in [9.17, 15) is 14.0 Å². The van der Waals surface area contributed by atoms with E-state index in [1.807, 2.05) is 0 Å². The van der Waals surface area contributed by atoms with Crippen molar-refractivity contribution in [2.75, 3.05) is 38.2 Å². The number of rotatable bonds is 5. The third-order valence-corrected chi connectivity index (χ3v) is 3.86. The molecule has 1 fully saturated rings. The van der Waals surface area contributed by atoms with Crippen LogP contribution < -0.4 is 10.1 Å². The number of carbonyl (C=O) groups is 2. The predicted octanol–water partition coefficient (Wildman–Crippen LogP) is 2.32. The van der Waals surface area contributed by atoms with Crippen molar-refractivity contribution in [3.63, 3.8) is 0 Å². The van der Waals surface area contributed by atoms with Gasteiger partial charge in [0.05, 0.1) is 13.2 Å². The van der Waals surface area contributed by atoms with E-state index >= 15 is 0 Å². The van der Waals surface area contributed by atoms with Crippen molar-refractivity contribution in [2.45, 2.75) is 0 Å². The highest BCUT2D eigenvalue weighted by Crippen LogP contribution is 2.15. The predicted molar refractivity (Wildman–Crippen MR) is 93.7 cm³/mol. The summed E-state index contributed by atoms with van der Waals surface area (Å²) in [5.41, 5.74) is 0.993. The standard InChI is InChI=1S/C19H19FN2O4/c20-15-4-2-6-17(12-15)26-13-18(23)21-16-5-1-3-14(11-16)19(24)22-7-9-25-10-8-22/h1-6,11-12H,7-10,13H2,(H,21,23). The van der Waals surface area contributed by atoms with Crippen LogP contribution in [-0.4, -0.2) is 49.6 Å². The zero-order chi connectivity index (χ0) is 18.4. The maximum atomic E-state index is 13.1. The lowest BCUT2D eigenvalue weighted by molar-refractivity contribution is -0.118. The molecule has 1 N–H and O–H groups in total. The first kappa shape index (κ1) is 17.9. The maximum absolute atomic E-state index is 13.1. The molecule has 0 atom stereocenters. The fourth-order valence-corrected chi connectivity index (χ4v) is 2.58. The van der Waals surface area contributed by atoms with Crippen LogP contribution in [0, 0.1) is 5.82 Å². The van der Waals surface area contributed by atoms with Crippen LogP contribution in [-0.2, 0) is 9.53 Å². The number of ether oxygens (including phenoxy) is 2. The number of hydrogen-bond donors (Lipinski definition) is 1. The average molecular weight is 358 g/mol. The first-order chi connectivity index (χ1) is 12.6. The minimum Gasteiger partial charge on any atom is -0.484 e. The molecular weight excluding hydrogens is 339 g/mol. The number of carbonyl (C=O) groups excluding carboxylic acids is 2. The minimum atomic E-state index is -0.433. The molecule has 0 aromatic heterocycles. The Morgan fingerprint density at radius 2 is 1.88 bits per heavy atom. The molecule has 0 aliphatic carbocycles. The summed E-state index contributed by atoms with van der Waals surface area (Å²) in [5.74, 6) is -0.653. The Bertz CT molecular complexity index is 791. The molecule has 0 saturated carbocycles. The Hall–Kier alpha value is -2.93. The molecule has 2 aromatic rings. The topological polar surface area (TPSA) is 67.9 Å². The second kappa shape index (κ2) is 8.44. The Morgan fingerprint density at radius 3 is 2.65 bits per heavy atom. The maximum Gasteiger partial charge on any atom is 0.262 e. The van der Waals surface area contributed by atoms with Crippen molar-refractivity contribution in [2.24, 2.45) is 0 Å². The quantitative estimate of drug-likeness (QED) is 0.891. The third kappa shape index (κ3) is 4.80.